The Balaban J connectivity index is 1.49. The summed E-state index contributed by atoms with van der Waals surface area (Å²) < 4.78 is 28.0. The lowest BCUT2D eigenvalue weighted by molar-refractivity contribution is 0.196. The second-order valence-electron chi connectivity index (χ2n) is 8.38. The van der Waals surface area contributed by atoms with Crippen molar-refractivity contribution in [2.45, 2.75) is 25.3 Å². The van der Waals surface area contributed by atoms with E-state index < -0.39 is 11.6 Å². The third kappa shape index (κ3) is 4.66. The molecule has 1 atom stereocenters. The van der Waals surface area contributed by atoms with Crippen molar-refractivity contribution in [3.8, 4) is 22.5 Å². The van der Waals surface area contributed by atoms with Crippen molar-refractivity contribution in [3.05, 3.63) is 102 Å². The summed E-state index contributed by atoms with van der Waals surface area (Å²) in [6.45, 7) is 1.95. The van der Waals surface area contributed by atoms with Crippen LogP contribution in [0.2, 0.25) is 0 Å². The molecule has 1 aliphatic rings. The van der Waals surface area contributed by atoms with Crippen molar-refractivity contribution in [3.63, 3.8) is 0 Å². The van der Waals surface area contributed by atoms with Crippen LogP contribution in [0, 0.1) is 11.6 Å². The third-order valence-corrected chi connectivity index (χ3v) is 6.16. The minimum atomic E-state index is -0.801. The summed E-state index contributed by atoms with van der Waals surface area (Å²) in [5.74, 6) is -0.730. The van der Waals surface area contributed by atoms with Crippen molar-refractivity contribution in [1.82, 2.24) is 19.9 Å². The molecule has 1 aliphatic heterocycles. The molecule has 1 saturated heterocycles. The fourth-order valence-corrected chi connectivity index (χ4v) is 4.52. The molecule has 0 bridgehead atoms. The highest BCUT2D eigenvalue weighted by Gasteiger charge is 2.26. The Kier molecular flexibility index (Phi) is 6.17. The van der Waals surface area contributed by atoms with Crippen LogP contribution < -0.4 is 0 Å². The molecule has 0 N–H and O–H groups in total. The molecule has 0 spiro atoms. The lowest BCUT2D eigenvalue weighted by Crippen LogP contribution is -2.34. The standard InChI is InChI=1S/C27H24F2N4/c28-24-10-4-8-21(25(24)29)17-33-15-5-9-22(18-33)26-23(19-6-2-1-3-7-19)16-31-27(32-26)20-11-13-30-14-12-20/h1-4,6-8,10-14,16,22H,5,9,15,17-18H2. The zero-order chi connectivity index (χ0) is 22.6. The van der Waals surface area contributed by atoms with E-state index in [0.717, 1.165) is 54.4 Å². The molecule has 4 aromatic rings. The molecule has 3 heterocycles. The molecule has 4 nitrogen and oxygen atoms in total. The lowest BCUT2D eigenvalue weighted by atomic mass is 9.89. The number of hydrogen-bond acceptors (Lipinski definition) is 4. The highest BCUT2D eigenvalue weighted by Crippen LogP contribution is 2.34. The topological polar surface area (TPSA) is 41.9 Å². The predicted octanol–water partition coefficient (Wildman–Crippen LogP) is 5.86. The molecule has 1 fully saturated rings. The smallest absolute Gasteiger partial charge is 0.163 e. The van der Waals surface area contributed by atoms with E-state index in [1.54, 1.807) is 24.5 Å². The molecule has 2 aromatic carbocycles. The number of pyridine rings is 1. The van der Waals surface area contributed by atoms with Crippen LogP contribution in [0.4, 0.5) is 8.78 Å². The van der Waals surface area contributed by atoms with Crippen molar-refractivity contribution >= 4 is 0 Å². The number of halogens is 2. The molecule has 6 heteroatoms. The fourth-order valence-electron chi connectivity index (χ4n) is 4.52. The van der Waals surface area contributed by atoms with Crippen molar-refractivity contribution in [2.75, 3.05) is 13.1 Å². The number of likely N-dealkylation sites (tertiary alicyclic amines) is 1. The molecule has 2 aromatic heterocycles. The first-order chi connectivity index (χ1) is 16.2. The Bertz CT molecular complexity index is 1230. The zero-order valence-electron chi connectivity index (χ0n) is 18.2. The summed E-state index contributed by atoms with van der Waals surface area (Å²) in [6, 6.07) is 18.3. The molecule has 33 heavy (non-hydrogen) atoms. The first-order valence-electron chi connectivity index (χ1n) is 11.2. The number of aromatic nitrogens is 3. The van der Waals surface area contributed by atoms with Gasteiger partial charge in [-0.1, -0.05) is 42.5 Å². The number of piperidine rings is 1. The van der Waals surface area contributed by atoms with Gasteiger partial charge in [0.1, 0.15) is 0 Å². The number of nitrogens with zero attached hydrogens (tertiary/aromatic N) is 4. The summed E-state index contributed by atoms with van der Waals surface area (Å²) >= 11 is 0. The van der Waals surface area contributed by atoms with Crippen LogP contribution >= 0.6 is 0 Å². The Hall–Kier alpha value is -3.51. The normalized spacial score (nSPS) is 16.6. The van der Waals surface area contributed by atoms with Gasteiger partial charge in [-0.2, -0.15) is 0 Å². The highest BCUT2D eigenvalue weighted by atomic mass is 19.2. The van der Waals surface area contributed by atoms with Crippen LogP contribution in [0.5, 0.6) is 0 Å². The fraction of sp³-hybridized carbons (Fsp3) is 0.222. The average molecular weight is 443 g/mol. The number of benzene rings is 2. The van der Waals surface area contributed by atoms with Gasteiger partial charge in [-0.15, -0.1) is 0 Å². The van der Waals surface area contributed by atoms with E-state index in [1.807, 2.05) is 36.5 Å². The molecular formula is C27H24F2N4. The summed E-state index contributed by atoms with van der Waals surface area (Å²) in [6.07, 6.45) is 7.32. The Morgan fingerprint density at radius 3 is 2.55 bits per heavy atom. The van der Waals surface area contributed by atoms with Gasteiger partial charge in [0.05, 0.1) is 5.69 Å². The Morgan fingerprint density at radius 2 is 1.73 bits per heavy atom. The van der Waals surface area contributed by atoms with E-state index in [9.17, 15) is 8.78 Å². The van der Waals surface area contributed by atoms with Gasteiger partial charge in [0.2, 0.25) is 0 Å². The minimum absolute atomic E-state index is 0.161. The van der Waals surface area contributed by atoms with E-state index in [0.29, 0.717) is 17.9 Å². The maximum atomic E-state index is 14.3. The Morgan fingerprint density at radius 1 is 0.909 bits per heavy atom. The molecule has 0 saturated carbocycles. The van der Waals surface area contributed by atoms with Gasteiger partial charge in [0.15, 0.2) is 17.5 Å². The zero-order valence-corrected chi connectivity index (χ0v) is 18.2. The van der Waals surface area contributed by atoms with Gasteiger partial charge in [-0.05, 0) is 43.1 Å². The molecule has 5 rings (SSSR count). The van der Waals surface area contributed by atoms with Gasteiger partial charge in [-0.3, -0.25) is 9.88 Å². The van der Waals surface area contributed by atoms with E-state index in [-0.39, 0.29) is 5.92 Å². The van der Waals surface area contributed by atoms with E-state index >= 15 is 0 Å². The second kappa shape index (κ2) is 9.55. The molecule has 0 amide bonds. The van der Waals surface area contributed by atoms with Gasteiger partial charge in [-0.25, -0.2) is 18.7 Å². The van der Waals surface area contributed by atoms with E-state index in [4.69, 9.17) is 4.98 Å². The largest absolute Gasteiger partial charge is 0.298 e. The van der Waals surface area contributed by atoms with Gasteiger partial charge >= 0.3 is 0 Å². The maximum absolute atomic E-state index is 14.3. The molecule has 0 aliphatic carbocycles. The average Bonchev–Trinajstić information content (AvgIpc) is 2.88. The highest BCUT2D eigenvalue weighted by molar-refractivity contribution is 5.67. The summed E-state index contributed by atoms with van der Waals surface area (Å²) in [5.41, 5.74) is 4.38. The second-order valence-corrected chi connectivity index (χ2v) is 8.38. The lowest BCUT2D eigenvalue weighted by Gasteiger charge is -2.33. The van der Waals surface area contributed by atoms with Crippen LogP contribution in [0.3, 0.4) is 0 Å². The van der Waals surface area contributed by atoms with Crippen LogP contribution in [0.1, 0.15) is 30.0 Å². The molecular weight excluding hydrogens is 418 g/mol. The third-order valence-electron chi connectivity index (χ3n) is 6.16. The van der Waals surface area contributed by atoms with E-state index in [1.165, 1.54) is 0 Å². The van der Waals surface area contributed by atoms with Gasteiger partial charge in [0, 0.05) is 54.3 Å². The number of hydrogen-bond donors (Lipinski definition) is 0. The van der Waals surface area contributed by atoms with Crippen LogP contribution in [0.15, 0.2) is 79.3 Å². The number of rotatable bonds is 5. The summed E-state index contributed by atoms with van der Waals surface area (Å²) in [5, 5.41) is 0. The SMILES string of the molecule is Fc1cccc(CN2CCCC(c3nc(-c4ccncc4)ncc3-c3ccccc3)C2)c1F. The monoisotopic (exact) mass is 442 g/mol. The summed E-state index contributed by atoms with van der Waals surface area (Å²) in [7, 11) is 0. The van der Waals surface area contributed by atoms with Gasteiger partial charge < -0.3 is 0 Å². The van der Waals surface area contributed by atoms with Crippen LogP contribution in [-0.4, -0.2) is 32.9 Å². The van der Waals surface area contributed by atoms with Crippen molar-refractivity contribution < 1.29 is 8.78 Å². The quantitative estimate of drug-likeness (QED) is 0.388. The van der Waals surface area contributed by atoms with Gasteiger partial charge in [0.25, 0.3) is 0 Å². The maximum Gasteiger partial charge on any atom is 0.163 e. The van der Waals surface area contributed by atoms with E-state index in [2.05, 4.69) is 27.0 Å². The minimum Gasteiger partial charge on any atom is -0.298 e. The van der Waals surface area contributed by atoms with Crippen LogP contribution in [-0.2, 0) is 6.54 Å². The summed E-state index contributed by atoms with van der Waals surface area (Å²) in [4.78, 5) is 15.9. The molecule has 1 unspecified atom stereocenters. The molecule has 0 radical (unpaired) electrons. The predicted molar refractivity (Wildman–Crippen MR) is 124 cm³/mol. The molecule has 166 valence electrons. The first kappa shape index (κ1) is 21.3. The first-order valence-corrected chi connectivity index (χ1v) is 11.2. The van der Waals surface area contributed by atoms with Crippen LogP contribution in [0.25, 0.3) is 22.5 Å². The van der Waals surface area contributed by atoms with Crippen molar-refractivity contribution in [1.29, 1.82) is 0 Å². The Labute approximate surface area is 192 Å². The van der Waals surface area contributed by atoms with Crippen molar-refractivity contribution in [2.24, 2.45) is 0 Å².